The van der Waals surface area contributed by atoms with Crippen molar-refractivity contribution < 1.29 is 18.0 Å². The molecule has 1 atom stereocenters. The molecule has 1 aromatic rings. The second-order valence-corrected chi connectivity index (χ2v) is 4.23. The van der Waals surface area contributed by atoms with E-state index in [1.54, 1.807) is 0 Å². The molecule has 1 amide bonds. The molecule has 1 N–H and O–H groups in total. The third-order valence-electron chi connectivity index (χ3n) is 2.33. The highest BCUT2D eigenvalue weighted by Crippen LogP contribution is 2.33. The van der Waals surface area contributed by atoms with Crippen molar-refractivity contribution in [2.45, 2.75) is 19.1 Å². The van der Waals surface area contributed by atoms with Gasteiger partial charge >= 0.3 is 6.18 Å². The summed E-state index contributed by atoms with van der Waals surface area (Å²) in [5.41, 5.74) is -2.28. The topological polar surface area (TPSA) is 64.0 Å². The van der Waals surface area contributed by atoms with E-state index in [1.165, 1.54) is 6.92 Å². The first-order valence-corrected chi connectivity index (χ1v) is 5.23. The smallest absolute Gasteiger partial charge is 0.294 e. The average molecular weight is 312 g/mol. The van der Waals surface area contributed by atoms with Gasteiger partial charge in [0.25, 0.3) is 5.56 Å². The van der Waals surface area contributed by atoms with Gasteiger partial charge in [-0.3, -0.25) is 19.5 Å². The molecule has 0 saturated heterocycles. The molecule has 0 aromatic carbocycles. The van der Waals surface area contributed by atoms with E-state index >= 15 is 0 Å². The van der Waals surface area contributed by atoms with Gasteiger partial charge in [-0.15, -0.1) is 0 Å². The quantitative estimate of drug-likeness (QED) is 0.790. The molecular weight excluding hydrogens is 307 g/mol. The number of carbonyl (C=O) groups is 1. The van der Waals surface area contributed by atoms with E-state index in [0.29, 0.717) is 0 Å². The Morgan fingerprint density at radius 2 is 2.00 bits per heavy atom. The molecule has 0 fully saturated rings. The van der Waals surface area contributed by atoms with E-state index in [4.69, 9.17) is 0 Å². The van der Waals surface area contributed by atoms with Crippen LogP contribution in [0.5, 0.6) is 0 Å². The summed E-state index contributed by atoms with van der Waals surface area (Å²) in [6.07, 6.45) is -4.76. The number of alkyl halides is 3. The highest BCUT2D eigenvalue weighted by molar-refractivity contribution is 9.10. The third-order valence-corrected chi connectivity index (χ3v) is 3.05. The second-order valence-electron chi connectivity index (χ2n) is 3.44. The Kier molecular flexibility index (Phi) is 2.53. The van der Waals surface area contributed by atoms with E-state index in [1.807, 2.05) is 0 Å². The highest BCUT2D eigenvalue weighted by atomic mass is 79.9. The van der Waals surface area contributed by atoms with Crippen LogP contribution in [0.3, 0.4) is 0 Å². The van der Waals surface area contributed by atoms with E-state index in [9.17, 15) is 22.8 Å². The van der Waals surface area contributed by atoms with Crippen LogP contribution in [-0.4, -0.2) is 15.5 Å². The predicted octanol–water partition coefficient (Wildman–Crippen LogP) is 1.54. The van der Waals surface area contributed by atoms with Crippen LogP contribution in [0.4, 0.5) is 19.1 Å². The number of hydrogen-bond donors (Lipinski definition) is 1. The number of nitrogens with zero attached hydrogens (tertiary/aromatic N) is 2. The van der Waals surface area contributed by atoms with Crippen LogP contribution >= 0.6 is 15.9 Å². The van der Waals surface area contributed by atoms with Crippen LogP contribution < -0.4 is 10.9 Å². The molecule has 0 radical (unpaired) electrons. The molecule has 1 aromatic heterocycles. The van der Waals surface area contributed by atoms with Crippen molar-refractivity contribution in [2.24, 2.45) is 0 Å². The highest BCUT2D eigenvalue weighted by Gasteiger charge is 2.40. The Morgan fingerprint density at radius 1 is 1.41 bits per heavy atom. The molecule has 0 bridgehead atoms. The van der Waals surface area contributed by atoms with Gasteiger partial charge < -0.3 is 0 Å². The predicted molar refractivity (Wildman–Crippen MR) is 54.5 cm³/mol. The molecule has 9 heteroatoms. The maximum Gasteiger partial charge on any atom is 0.434 e. The minimum Gasteiger partial charge on any atom is -0.294 e. The van der Waals surface area contributed by atoms with Gasteiger partial charge in [0.15, 0.2) is 5.69 Å². The van der Waals surface area contributed by atoms with Gasteiger partial charge in [-0.2, -0.15) is 13.2 Å². The number of rotatable bonds is 0. The molecule has 17 heavy (non-hydrogen) atoms. The van der Waals surface area contributed by atoms with Crippen LogP contribution in [0.2, 0.25) is 0 Å². The van der Waals surface area contributed by atoms with Gasteiger partial charge in [-0.1, -0.05) is 0 Å². The number of aromatic nitrogens is 2. The fourth-order valence-corrected chi connectivity index (χ4v) is 1.98. The lowest BCUT2D eigenvalue weighted by molar-refractivity contribution is -0.142. The van der Waals surface area contributed by atoms with E-state index < -0.39 is 33.9 Å². The lowest BCUT2D eigenvalue weighted by Crippen LogP contribution is -2.27. The molecule has 1 aliphatic rings. The Labute approximate surface area is 101 Å². The molecule has 0 spiro atoms. The molecular formula is C8H5BrF3N3O2. The Morgan fingerprint density at radius 3 is 2.53 bits per heavy atom. The SMILES string of the molecule is CC1C(=O)Nc2nc(C(F)(F)F)c(Br)c(=O)n21. The van der Waals surface area contributed by atoms with Gasteiger partial charge in [-0.25, -0.2) is 4.98 Å². The summed E-state index contributed by atoms with van der Waals surface area (Å²) in [6.45, 7) is 1.40. The first-order chi connectivity index (χ1) is 7.73. The fourth-order valence-electron chi connectivity index (χ4n) is 1.48. The molecule has 1 aliphatic heterocycles. The van der Waals surface area contributed by atoms with Crippen molar-refractivity contribution in [2.75, 3.05) is 5.32 Å². The molecule has 0 aliphatic carbocycles. The average Bonchev–Trinajstić information content (AvgIpc) is 2.47. The van der Waals surface area contributed by atoms with Gasteiger partial charge in [0, 0.05) is 0 Å². The largest absolute Gasteiger partial charge is 0.434 e. The van der Waals surface area contributed by atoms with Crippen molar-refractivity contribution in [1.82, 2.24) is 9.55 Å². The summed E-state index contributed by atoms with van der Waals surface area (Å²) >= 11 is 2.56. The van der Waals surface area contributed by atoms with Crippen molar-refractivity contribution in [3.63, 3.8) is 0 Å². The van der Waals surface area contributed by atoms with Gasteiger partial charge in [-0.05, 0) is 22.9 Å². The lowest BCUT2D eigenvalue weighted by atomic mass is 10.3. The van der Waals surface area contributed by atoms with Gasteiger partial charge in [0.2, 0.25) is 11.9 Å². The first kappa shape index (κ1) is 12.1. The Bertz CT molecular complexity index is 566. The lowest BCUT2D eigenvalue weighted by Gasteiger charge is -2.11. The minimum absolute atomic E-state index is 0.386. The molecule has 2 rings (SSSR count). The number of amides is 1. The third kappa shape index (κ3) is 1.74. The molecule has 0 saturated carbocycles. The van der Waals surface area contributed by atoms with Crippen LogP contribution in [0.1, 0.15) is 18.7 Å². The van der Waals surface area contributed by atoms with E-state index in [-0.39, 0.29) is 5.95 Å². The number of nitrogens with one attached hydrogen (secondary N) is 1. The number of anilines is 1. The summed E-state index contributed by atoms with van der Waals surface area (Å²) in [7, 11) is 0. The van der Waals surface area contributed by atoms with Crippen LogP contribution in [0, 0.1) is 0 Å². The van der Waals surface area contributed by atoms with Crippen molar-refractivity contribution in [1.29, 1.82) is 0 Å². The monoisotopic (exact) mass is 311 g/mol. The maximum absolute atomic E-state index is 12.5. The normalized spacial score (nSPS) is 19.1. The number of fused-ring (bicyclic) bond motifs is 1. The summed E-state index contributed by atoms with van der Waals surface area (Å²) in [5.74, 6) is -0.955. The molecule has 2 heterocycles. The number of carbonyl (C=O) groups excluding carboxylic acids is 1. The zero-order valence-corrected chi connectivity index (χ0v) is 9.89. The van der Waals surface area contributed by atoms with Crippen molar-refractivity contribution in [3.8, 4) is 0 Å². The second kappa shape index (κ2) is 3.56. The van der Waals surface area contributed by atoms with Crippen LogP contribution in [0.25, 0.3) is 0 Å². The summed E-state index contributed by atoms with van der Waals surface area (Å²) in [6, 6.07) is -0.872. The Balaban J connectivity index is 2.74. The summed E-state index contributed by atoms with van der Waals surface area (Å²) in [4.78, 5) is 26.2. The molecule has 92 valence electrons. The summed E-state index contributed by atoms with van der Waals surface area (Å²) < 4.78 is 37.8. The number of hydrogen-bond acceptors (Lipinski definition) is 3. The van der Waals surface area contributed by atoms with E-state index in [0.717, 1.165) is 4.57 Å². The van der Waals surface area contributed by atoms with Crippen LogP contribution in [0.15, 0.2) is 9.27 Å². The van der Waals surface area contributed by atoms with E-state index in [2.05, 4.69) is 26.2 Å². The number of halogens is 4. The Hall–Kier alpha value is -1.38. The fraction of sp³-hybridized carbons (Fsp3) is 0.375. The first-order valence-electron chi connectivity index (χ1n) is 4.43. The molecule has 1 unspecified atom stereocenters. The minimum atomic E-state index is -4.76. The standard InChI is InChI=1S/C8H5BrF3N3O2/c1-2-5(16)14-7-13-4(8(10,11)12)3(9)6(17)15(2)7/h2H,1H3,(H,13,14,16). The van der Waals surface area contributed by atoms with Gasteiger partial charge in [0.05, 0.1) is 0 Å². The van der Waals surface area contributed by atoms with Gasteiger partial charge in [0.1, 0.15) is 10.5 Å². The zero-order chi connectivity index (χ0) is 13.0. The molecule has 5 nitrogen and oxygen atoms in total. The van der Waals surface area contributed by atoms with Crippen molar-refractivity contribution >= 4 is 27.8 Å². The zero-order valence-electron chi connectivity index (χ0n) is 8.30. The maximum atomic E-state index is 12.5. The van der Waals surface area contributed by atoms with Crippen LogP contribution in [-0.2, 0) is 11.0 Å². The summed E-state index contributed by atoms with van der Waals surface area (Å²) in [5, 5.41) is 2.12. The van der Waals surface area contributed by atoms with Crippen molar-refractivity contribution in [3.05, 3.63) is 20.5 Å².